The Balaban J connectivity index is 2.06. The monoisotopic (exact) mass is 296 g/mol. The summed E-state index contributed by atoms with van der Waals surface area (Å²) in [5.74, 6) is 2.27. The van der Waals surface area contributed by atoms with Crippen LogP contribution in [0.5, 0.6) is 5.75 Å². The molecule has 0 aliphatic heterocycles. The molecule has 20 heavy (non-hydrogen) atoms. The van der Waals surface area contributed by atoms with Crippen LogP contribution in [0.15, 0.2) is 6.20 Å². The Morgan fingerprint density at radius 2 is 2.00 bits per heavy atom. The molecular formula is C16H25ClN2O. The molecule has 3 nitrogen and oxygen atoms in total. The van der Waals surface area contributed by atoms with Crippen LogP contribution in [0.4, 0.5) is 0 Å². The lowest BCUT2D eigenvalue weighted by molar-refractivity contribution is 0.0973. The second-order valence-electron chi connectivity index (χ2n) is 6.81. The molecule has 0 radical (unpaired) electrons. The summed E-state index contributed by atoms with van der Waals surface area (Å²) in [7, 11) is 0. The number of halogens is 1. The van der Waals surface area contributed by atoms with Crippen molar-refractivity contribution >= 4 is 11.6 Å². The summed E-state index contributed by atoms with van der Waals surface area (Å²) >= 11 is 6.00. The molecule has 1 saturated carbocycles. The average Bonchev–Trinajstić information content (AvgIpc) is 2.41. The molecule has 0 unspecified atom stereocenters. The van der Waals surface area contributed by atoms with Gasteiger partial charge in [-0.1, -0.05) is 27.7 Å². The molecule has 0 atom stereocenters. The van der Waals surface area contributed by atoms with Crippen molar-refractivity contribution in [1.29, 1.82) is 0 Å². The number of nitrogens with zero attached hydrogens (tertiary/aromatic N) is 2. The number of hydrogen-bond donors (Lipinski definition) is 0. The maximum atomic E-state index is 6.10. The summed E-state index contributed by atoms with van der Waals surface area (Å²) in [6.07, 6.45) is 6.68. The fourth-order valence-corrected chi connectivity index (χ4v) is 2.76. The van der Waals surface area contributed by atoms with Crippen LogP contribution in [-0.2, 0) is 5.88 Å². The Morgan fingerprint density at radius 3 is 2.55 bits per heavy atom. The van der Waals surface area contributed by atoms with Gasteiger partial charge in [-0.15, -0.1) is 11.6 Å². The third-order valence-electron chi connectivity index (χ3n) is 4.07. The second-order valence-corrected chi connectivity index (χ2v) is 7.08. The van der Waals surface area contributed by atoms with E-state index >= 15 is 0 Å². The molecule has 0 bridgehead atoms. The van der Waals surface area contributed by atoms with Crippen LogP contribution in [0.1, 0.15) is 70.8 Å². The lowest BCUT2D eigenvalue weighted by Crippen LogP contribution is -2.28. The van der Waals surface area contributed by atoms with E-state index in [-0.39, 0.29) is 6.10 Å². The minimum Gasteiger partial charge on any atom is -0.487 e. The molecule has 1 heterocycles. The first-order valence-corrected chi connectivity index (χ1v) is 8.03. The molecule has 112 valence electrons. The molecule has 0 amide bonds. The molecule has 1 fully saturated rings. The van der Waals surface area contributed by atoms with Crippen LogP contribution in [0, 0.1) is 5.41 Å². The average molecular weight is 297 g/mol. The van der Waals surface area contributed by atoms with Crippen LogP contribution in [-0.4, -0.2) is 16.1 Å². The molecule has 4 heteroatoms. The van der Waals surface area contributed by atoms with Gasteiger partial charge in [0, 0.05) is 5.92 Å². The summed E-state index contributed by atoms with van der Waals surface area (Å²) < 4.78 is 6.10. The summed E-state index contributed by atoms with van der Waals surface area (Å²) in [4.78, 5) is 8.90. The third kappa shape index (κ3) is 3.85. The highest BCUT2D eigenvalue weighted by Gasteiger charge is 2.28. The molecular weight excluding hydrogens is 272 g/mol. The van der Waals surface area contributed by atoms with Crippen molar-refractivity contribution in [3.63, 3.8) is 0 Å². The number of alkyl halides is 1. The molecule has 1 aliphatic carbocycles. The molecule has 0 spiro atoms. The predicted molar refractivity (Wildman–Crippen MR) is 82.3 cm³/mol. The van der Waals surface area contributed by atoms with Gasteiger partial charge in [0.05, 0.1) is 18.2 Å². The molecule has 1 aromatic rings. The Morgan fingerprint density at radius 1 is 1.35 bits per heavy atom. The molecule has 1 aromatic heterocycles. The van der Waals surface area contributed by atoms with E-state index in [2.05, 4.69) is 37.7 Å². The lowest BCUT2D eigenvalue weighted by atomic mass is 9.76. The number of hydrogen-bond acceptors (Lipinski definition) is 3. The maximum absolute atomic E-state index is 6.10. The number of aromatic nitrogens is 2. The van der Waals surface area contributed by atoms with Crippen LogP contribution in [0.25, 0.3) is 0 Å². The molecule has 0 saturated heterocycles. The third-order valence-corrected chi connectivity index (χ3v) is 4.32. The summed E-state index contributed by atoms with van der Waals surface area (Å²) in [5.41, 5.74) is 1.27. The van der Waals surface area contributed by atoms with Crippen LogP contribution in [0.2, 0.25) is 0 Å². The fraction of sp³-hybridized carbons (Fsp3) is 0.750. The minimum absolute atomic E-state index is 0.276. The molecule has 1 aliphatic rings. The SMILES string of the molecule is CC(C)c1ncc(OC2CCC(C)(C)CC2)c(CCl)n1. The van der Waals surface area contributed by atoms with Gasteiger partial charge in [-0.2, -0.15) is 0 Å². The summed E-state index contributed by atoms with van der Waals surface area (Å²) in [6.45, 7) is 8.82. The van der Waals surface area contributed by atoms with Crippen LogP contribution in [0.3, 0.4) is 0 Å². The first kappa shape index (κ1) is 15.6. The Hall–Kier alpha value is -0.830. The van der Waals surface area contributed by atoms with Crippen molar-refractivity contribution in [2.75, 3.05) is 0 Å². The van der Waals surface area contributed by atoms with Crippen molar-refractivity contribution < 1.29 is 4.74 Å². The summed E-state index contributed by atoms with van der Waals surface area (Å²) in [6, 6.07) is 0. The first-order chi connectivity index (χ1) is 9.41. The standard InChI is InChI=1S/C16H25ClN2O/c1-11(2)15-18-10-14(13(9-17)19-15)20-12-5-7-16(3,4)8-6-12/h10-12H,5-9H2,1-4H3. The molecule has 0 aromatic carbocycles. The van der Waals surface area contributed by atoms with Crippen molar-refractivity contribution in [3.05, 3.63) is 17.7 Å². The van der Waals surface area contributed by atoms with Gasteiger partial charge in [0.25, 0.3) is 0 Å². The van der Waals surface area contributed by atoms with Crippen molar-refractivity contribution in [2.24, 2.45) is 5.41 Å². The van der Waals surface area contributed by atoms with E-state index in [1.807, 2.05) is 0 Å². The van der Waals surface area contributed by atoms with Gasteiger partial charge in [-0.3, -0.25) is 0 Å². The van der Waals surface area contributed by atoms with Gasteiger partial charge in [0.2, 0.25) is 0 Å². The van der Waals surface area contributed by atoms with Crippen LogP contribution < -0.4 is 4.74 Å². The van der Waals surface area contributed by atoms with Gasteiger partial charge in [0.15, 0.2) is 5.75 Å². The van der Waals surface area contributed by atoms with Crippen LogP contribution >= 0.6 is 11.6 Å². The van der Waals surface area contributed by atoms with Gasteiger partial charge in [0.1, 0.15) is 11.5 Å². The van der Waals surface area contributed by atoms with E-state index in [1.165, 1.54) is 12.8 Å². The quantitative estimate of drug-likeness (QED) is 0.756. The second kappa shape index (κ2) is 6.30. The highest BCUT2D eigenvalue weighted by atomic mass is 35.5. The lowest BCUT2D eigenvalue weighted by Gasteiger charge is -2.34. The van der Waals surface area contributed by atoms with Crippen molar-refractivity contribution in [1.82, 2.24) is 9.97 Å². The number of ether oxygens (including phenoxy) is 1. The molecule has 2 rings (SSSR count). The van der Waals surface area contributed by atoms with E-state index in [4.69, 9.17) is 16.3 Å². The zero-order chi connectivity index (χ0) is 14.8. The van der Waals surface area contributed by atoms with E-state index in [1.54, 1.807) is 6.20 Å². The molecule has 0 N–H and O–H groups in total. The highest BCUT2D eigenvalue weighted by Crippen LogP contribution is 2.37. The number of rotatable bonds is 4. The highest BCUT2D eigenvalue weighted by molar-refractivity contribution is 6.17. The van der Waals surface area contributed by atoms with E-state index in [0.717, 1.165) is 30.1 Å². The van der Waals surface area contributed by atoms with Gasteiger partial charge >= 0.3 is 0 Å². The van der Waals surface area contributed by atoms with E-state index in [0.29, 0.717) is 17.2 Å². The normalized spacial score (nSPS) is 19.3. The first-order valence-electron chi connectivity index (χ1n) is 7.50. The van der Waals surface area contributed by atoms with E-state index < -0.39 is 0 Å². The van der Waals surface area contributed by atoms with Gasteiger partial charge < -0.3 is 4.74 Å². The predicted octanol–water partition coefficient (Wildman–Crippen LogP) is 4.69. The fourth-order valence-electron chi connectivity index (χ4n) is 2.56. The van der Waals surface area contributed by atoms with Crippen molar-refractivity contribution in [2.45, 2.75) is 71.3 Å². The Labute approximate surface area is 127 Å². The minimum atomic E-state index is 0.276. The summed E-state index contributed by atoms with van der Waals surface area (Å²) in [5, 5.41) is 0. The largest absolute Gasteiger partial charge is 0.487 e. The zero-order valence-corrected chi connectivity index (χ0v) is 13.7. The Bertz CT molecular complexity index is 450. The topological polar surface area (TPSA) is 35.0 Å². The Kier molecular flexibility index (Phi) is 4.90. The van der Waals surface area contributed by atoms with Gasteiger partial charge in [-0.05, 0) is 31.1 Å². The van der Waals surface area contributed by atoms with Gasteiger partial charge in [-0.25, -0.2) is 9.97 Å². The van der Waals surface area contributed by atoms with E-state index in [9.17, 15) is 0 Å². The zero-order valence-electron chi connectivity index (χ0n) is 12.9. The maximum Gasteiger partial charge on any atom is 0.160 e. The van der Waals surface area contributed by atoms with Crippen molar-refractivity contribution in [3.8, 4) is 5.75 Å². The smallest absolute Gasteiger partial charge is 0.160 e.